The quantitative estimate of drug-likeness (QED) is 0.889. The highest BCUT2D eigenvalue weighted by Crippen LogP contribution is 2.32. The molecule has 4 nitrogen and oxygen atoms in total. The summed E-state index contributed by atoms with van der Waals surface area (Å²) in [4.78, 5) is 2.42. The van der Waals surface area contributed by atoms with Crippen molar-refractivity contribution in [1.82, 2.24) is 14.7 Å². The van der Waals surface area contributed by atoms with Gasteiger partial charge in [0.25, 0.3) is 0 Å². The second-order valence-corrected chi connectivity index (χ2v) is 6.14. The molecular weight excluding hydrogens is 238 g/mol. The lowest BCUT2D eigenvalue weighted by molar-refractivity contribution is -0.0209. The Morgan fingerprint density at radius 3 is 2.63 bits per heavy atom. The number of nitrogens with zero attached hydrogens (tertiary/aromatic N) is 3. The largest absolute Gasteiger partial charge is 0.386 e. The van der Waals surface area contributed by atoms with Crippen LogP contribution in [0.5, 0.6) is 0 Å². The van der Waals surface area contributed by atoms with Crippen LogP contribution in [0.3, 0.4) is 0 Å². The van der Waals surface area contributed by atoms with Gasteiger partial charge in [0.15, 0.2) is 0 Å². The third-order valence-electron chi connectivity index (χ3n) is 4.26. The molecule has 0 amide bonds. The lowest BCUT2D eigenvalue weighted by Crippen LogP contribution is -2.50. The Labute approximate surface area is 116 Å². The van der Waals surface area contributed by atoms with Crippen LogP contribution in [0.4, 0.5) is 0 Å². The summed E-state index contributed by atoms with van der Waals surface area (Å²) < 4.78 is 1.92. The van der Waals surface area contributed by atoms with E-state index in [0.717, 1.165) is 31.6 Å². The van der Waals surface area contributed by atoms with E-state index in [4.69, 9.17) is 0 Å². The number of hydrogen-bond donors (Lipinski definition) is 1. The highest BCUT2D eigenvalue weighted by atomic mass is 16.3. The van der Waals surface area contributed by atoms with Crippen molar-refractivity contribution in [2.45, 2.75) is 64.6 Å². The van der Waals surface area contributed by atoms with E-state index in [9.17, 15) is 5.11 Å². The second-order valence-electron chi connectivity index (χ2n) is 6.14. The van der Waals surface area contributed by atoms with Crippen molar-refractivity contribution in [3.05, 3.63) is 18.0 Å². The molecule has 1 aliphatic rings. The number of aryl methyl sites for hydroxylation is 1. The third kappa shape index (κ3) is 3.18. The van der Waals surface area contributed by atoms with Gasteiger partial charge < -0.3 is 5.11 Å². The average Bonchev–Trinajstić information content (AvgIpc) is 2.88. The number of aromatic nitrogens is 2. The summed E-state index contributed by atoms with van der Waals surface area (Å²) in [5.41, 5.74) is 0.713. The van der Waals surface area contributed by atoms with Crippen molar-refractivity contribution in [3.8, 4) is 0 Å². The van der Waals surface area contributed by atoms with Crippen LogP contribution in [-0.4, -0.2) is 38.4 Å². The Hall–Kier alpha value is -0.870. The molecule has 4 heteroatoms. The summed E-state index contributed by atoms with van der Waals surface area (Å²) in [6.45, 7) is 9.51. The molecule has 1 atom stereocenters. The summed E-state index contributed by atoms with van der Waals surface area (Å²) >= 11 is 0. The van der Waals surface area contributed by atoms with Gasteiger partial charge in [-0.25, -0.2) is 0 Å². The first-order chi connectivity index (χ1) is 9.05. The Morgan fingerprint density at radius 2 is 2.00 bits per heavy atom. The topological polar surface area (TPSA) is 41.3 Å². The molecule has 1 saturated heterocycles. The molecular formula is C15H27N3O. The number of likely N-dealkylation sites (tertiary alicyclic amines) is 1. The first-order valence-electron chi connectivity index (χ1n) is 7.51. The van der Waals surface area contributed by atoms with Gasteiger partial charge >= 0.3 is 0 Å². The van der Waals surface area contributed by atoms with Crippen LogP contribution in [0.1, 0.15) is 58.1 Å². The summed E-state index contributed by atoms with van der Waals surface area (Å²) in [6.07, 6.45) is 8.18. The normalized spacial score (nSPS) is 19.6. The van der Waals surface area contributed by atoms with Gasteiger partial charge in [-0.15, -0.1) is 0 Å². The minimum Gasteiger partial charge on any atom is -0.386 e. The molecule has 1 aromatic heterocycles. The zero-order valence-electron chi connectivity index (χ0n) is 12.5. The van der Waals surface area contributed by atoms with Crippen LogP contribution >= 0.6 is 0 Å². The van der Waals surface area contributed by atoms with E-state index in [1.54, 1.807) is 0 Å². The summed E-state index contributed by atoms with van der Waals surface area (Å²) in [5, 5.41) is 15.0. The first kappa shape index (κ1) is 14.5. The maximum absolute atomic E-state index is 10.7. The highest BCUT2D eigenvalue weighted by Gasteiger charge is 2.36. The molecule has 0 aromatic carbocycles. The summed E-state index contributed by atoms with van der Waals surface area (Å²) in [5.74, 6) is 0. The van der Waals surface area contributed by atoms with Crippen LogP contribution in [0.2, 0.25) is 0 Å². The molecule has 2 rings (SSSR count). The number of piperidine rings is 1. The van der Waals surface area contributed by atoms with Crippen molar-refractivity contribution in [1.29, 1.82) is 0 Å². The minimum atomic E-state index is -0.476. The average molecular weight is 265 g/mol. The Balaban J connectivity index is 2.09. The fourth-order valence-electron chi connectivity index (χ4n) is 2.92. The number of aliphatic hydroxyl groups excluding tert-OH is 1. The molecule has 2 heterocycles. The van der Waals surface area contributed by atoms with Crippen LogP contribution in [0, 0.1) is 0 Å². The van der Waals surface area contributed by atoms with Crippen molar-refractivity contribution >= 4 is 0 Å². The van der Waals surface area contributed by atoms with E-state index in [2.05, 4.69) is 30.8 Å². The van der Waals surface area contributed by atoms with Crippen molar-refractivity contribution in [2.75, 3.05) is 13.1 Å². The Bertz CT molecular complexity index is 394. The molecule has 0 saturated carbocycles. The minimum absolute atomic E-state index is 0.222. The van der Waals surface area contributed by atoms with E-state index < -0.39 is 6.10 Å². The van der Waals surface area contributed by atoms with Gasteiger partial charge in [-0.1, -0.05) is 13.3 Å². The molecule has 19 heavy (non-hydrogen) atoms. The molecule has 1 unspecified atom stereocenters. The highest BCUT2D eigenvalue weighted by molar-refractivity contribution is 5.14. The smallest absolute Gasteiger partial charge is 0.0998 e. The zero-order valence-corrected chi connectivity index (χ0v) is 12.5. The Morgan fingerprint density at radius 1 is 1.32 bits per heavy atom. The van der Waals surface area contributed by atoms with Crippen LogP contribution in [0.15, 0.2) is 12.4 Å². The molecule has 0 spiro atoms. The third-order valence-corrected chi connectivity index (χ3v) is 4.26. The molecule has 1 fully saturated rings. The second kappa shape index (κ2) is 6.06. The van der Waals surface area contributed by atoms with Crippen LogP contribution in [0.25, 0.3) is 0 Å². The number of hydrogen-bond acceptors (Lipinski definition) is 3. The van der Waals surface area contributed by atoms with Crippen LogP contribution in [-0.2, 0) is 6.54 Å². The molecule has 108 valence electrons. The molecule has 1 aromatic rings. The van der Waals surface area contributed by atoms with Gasteiger partial charge in [-0.05, 0) is 46.2 Å². The van der Waals surface area contributed by atoms with E-state index in [0.29, 0.717) is 0 Å². The lowest BCUT2D eigenvalue weighted by Gasteiger charge is -2.43. The van der Waals surface area contributed by atoms with Crippen molar-refractivity contribution in [3.63, 3.8) is 0 Å². The molecule has 1 N–H and O–H groups in total. The standard InChI is InChI=1S/C15H27N3O/c1-4-8-18-12-13(11-16-18)14(19)15(2,3)17-9-6-5-7-10-17/h11-12,14,19H,4-10H2,1-3H3. The molecule has 0 aliphatic carbocycles. The molecule has 0 bridgehead atoms. The predicted octanol–water partition coefficient (Wildman–Crippen LogP) is 2.59. The van der Waals surface area contributed by atoms with Gasteiger partial charge in [0, 0.05) is 23.8 Å². The summed E-state index contributed by atoms with van der Waals surface area (Å²) in [6, 6.07) is 0. The van der Waals surface area contributed by atoms with E-state index in [-0.39, 0.29) is 5.54 Å². The van der Waals surface area contributed by atoms with Crippen molar-refractivity contribution < 1.29 is 5.11 Å². The fourth-order valence-corrected chi connectivity index (χ4v) is 2.92. The van der Waals surface area contributed by atoms with E-state index in [1.807, 2.05) is 17.1 Å². The van der Waals surface area contributed by atoms with Gasteiger partial charge in [-0.3, -0.25) is 9.58 Å². The van der Waals surface area contributed by atoms with E-state index in [1.165, 1.54) is 19.3 Å². The molecule has 0 radical (unpaired) electrons. The van der Waals surface area contributed by atoms with Gasteiger partial charge in [0.05, 0.1) is 12.3 Å². The SMILES string of the molecule is CCCn1cc(C(O)C(C)(C)N2CCCCC2)cn1. The fraction of sp³-hybridized carbons (Fsp3) is 0.800. The maximum atomic E-state index is 10.7. The monoisotopic (exact) mass is 265 g/mol. The van der Waals surface area contributed by atoms with Gasteiger partial charge in [0.1, 0.15) is 0 Å². The van der Waals surface area contributed by atoms with E-state index >= 15 is 0 Å². The maximum Gasteiger partial charge on any atom is 0.0998 e. The van der Waals surface area contributed by atoms with Gasteiger partial charge in [-0.2, -0.15) is 5.10 Å². The Kier molecular flexibility index (Phi) is 4.63. The number of aliphatic hydroxyl groups is 1. The molecule has 1 aliphatic heterocycles. The number of rotatable bonds is 5. The van der Waals surface area contributed by atoms with Gasteiger partial charge in [0.2, 0.25) is 0 Å². The first-order valence-corrected chi connectivity index (χ1v) is 7.51. The zero-order chi connectivity index (χ0) is 13.9. The predicted molar refractivity (Wildman–Crippen MR) is 77.0 cm³/mol. The lowest BCUT2D eigenvalue weighted by atomic mass is 9.89. The van der Waals surface area contributed by atoms with Crippen LogP contribution < -0.4 is 0 Å². The van der Waals surface area contributed by atoms with Crippen molar-refractivity contribution in [2.24, 2.45) is 0 Å². The summed E-state index contributed by atoms with van der Waals surface area (Å²) in [7, 11) is 0.